The molecule has 94 valence electrons. The first-order valence-corrected chi connectivity index (χ1v) is 5.88. The molecular formula is C13H17F2NO. The number of rotatable bonds is 4. The highest BCUT2D eigenvalue weighted by Gasteiger charge is 2.31. The van der Waals surface area contributed by atoms with Crippen LogP contribution in [0.15, 0.2) is 18.2 Å². The highest BCUT2D eigenvalue weighted by atomic mass is 19.1. The summed E-state index contributed by atoms with van der Waals surface area (Å²) in [7, 11) is 0. The zero-order valence-corrected chi connectivity index (χ0v) is 9.84. The lowest BCUT2D eigenvalue weighted by molar-refractivity contribution is 0.129. The Morgan fingerprint density at radius 1 is 1.41 bits per heavy atom. The molecule has 0 amide bonds. The van der Waals surface area contributed by atoms with Gasteiger partial charge in [-0.25, -0.2) is 8.78 Å². The summed E-state index contributed by atoms with van der Waals surface area (Å²) in [5.41, 5.74) is 0.208. The summed E-state index contributed by atoms with van der Waals surface area (Å²) < 4.78 is 26.1. The third-order valence-electron chi connectivity index (χ3n) is 3.50. The maximum atomic E-state index is 13.4. The monoisotopic (exact) mass is 241 g/mol. The highest BCUT2D eigenvalue weighted by Crippen LogP contribution is 2.31. The maximum Gasteiger partial charge on any atom is 0.131 e. The van der Waals surface area contributed by atoms with Gasteiger partial charge < -0.3 is 10.4 Å². The molecular weight excluding hydrogens is 224 g/mol. The Hall–Kier alpha value is -1.00. The molecule has 0 radical (unpaired) electrons. The Labute approximate surface area is 99.7 Å². The van der Waals surface area contributed by atoms with Gasteiger partial charge in [0, 0.05) is 23.7 Å². The van der Waals surface area contributed by atoms with Crippen LogP contribution in [0.5, 0.6) is 0 Å². The molecule has 0 saturated heterocycles. The third kappa shape index (κ3) is 2.82. The fourth-order valence-electron chi connectivity index (χ4n) is 2.11. The molecule has 2 nitrogen and oxygen atoms in total. The molecule has 1 saturated carbocycles. The molecule has 0 heterocycles. The molecule has 2 N–H and O–H groups in total. The van der Waals surface area contributed by atoms with E-state index in [9.17, 15) is 13.9 Å². The smallest absolute Gasteiger partial charge is 0.131 e. The number of β-amino-alcohol motifs (C(OH)–C–C–N with tert-alkyl or cyclic N) is 1. The van der Waals surface area contributed by atoms with Crippen LogP contribution >= 0.6 is 0 Å². The van der Waals surface area contributed by atoms with E-state index < -0.39 is 17.7 Å². The van der Waals surface area contributed by atoms with Gasteiger partial charge in [-0.1, -0.05) is 6.07 Å². The predicted molar refractivity (Wildman–Crippen MR) is 61.6 cm³/mol. The first-order chi connectivity index (χ1) is 8.00. The molecule has 1 aromatic carbocycles. The number of hydrogen-bond donors (Lipinski definition) is 2. The van der Waals surface area contributed by atoms with Gasteiger partial charge in [0.05, 0.1) is 6.10 Å². The lowest BCUT2D eigenvalue weighted by Gasteiger charge is -2.40. The van der Waals surface area contributed by atoms with Gasteiger partial charge in [-0.15, -0.1) is 0 Å². The molecule has 1 unspecified atom stereocenters. The van der Waals surface area contributed by atoms with Crippen LogP contribution in [0.4, 0.5) is 8.78 Å². The largest absolute Gasteiger partial charge is 0.387 e. The van der Waals surface area contributed by atoms with Crippen LogP contribution in [0, 0.1) is 11.6 Å². The lowest BCUT2D eigenvalue weighted by Crippen LogP contribution is -2.49. The number of aliphatic hydroxyl groups excluding tert-OH is 1. The Morgan fingerprint density at radius 3 is 2.65 bits per heavy atom. The normalized spacial score (nSPS) is 19.8. The quantitative estimate of drug-likeness (QED) is 0.849. The second-order valence-electron chi connectivity index (χ2n) is 4.98. The van der Waals surface area contributed by atoms with Gasteiger partial charge >= 0.3 is 0 Å². The summed E-state index contributed by atoms with van der Waals surface area (Å²) in [6.07, 6.45) is 2.40. The molecule has 1 aliphatic carbocycles. The van der Waals surface area contributed by atoms with Crippen molar-refractivity contribution in [1.82, 2.24) is 5.32 Å². The van der Waals surface area contributed by atoms with E-state index in [0.29, 0.717) is 6.54 Å². The van der Waals surface area contributed by atoms with Crippen molar-refractivity contribution in [3.63, 3.8) is 0 Å². The van der Waals surface area contributed by atoms with Gasteiger partial charge in [0.2, 0.25) is 0 Å². The van der Waals surface area contributed by atoms with Crippen molar-refractivity contribution in [3.05, 3.63) is 35.4 Å². The number of halogens is 2. The standard InChI is InChI=1S/C13H17F2NO/c1-13(5-2-6-13)16-8-12(17)10-4-3-9(14)7-11(10)15/h3-4,7,12,16-17H,2,5-6,8H2,1H3. The molecule has 1 aromatic rings. The van der Waals surface area contributed by atoms with E-state index >= 15 is 0 Å². The average Bonchev–Trinajstić information content (AvgIpc) is 2.23. The van der Waals surface area contributed by atoms with Gasteiger partial charge in [-0.05, 0) is 32.3 Å². The minimum absolute atomic E-state index is 0.0670. The summed E-state index contributed by atoms with van der Waals surface area (Å²) >= 11 is 0. The number of aliphatic hydroxyl groups is 1. The summed E-state index contributed by atoms with van der Waals surface area (Å²) in [5, 5.41) is 13.1. The van der Waals surface area contributed by atoms with E-state index in [1.54, 1.807) is 0 Å². The minimum atomic E-state index is -0.937. The molecule has 4 heteroatoms. The topological polar surface area (TPSA) is 32.3 Å². The predicted octanol–water partition coefficient (Wildman–Crippen LogP) is 2.53. The highest BCUT2D eigenvalue weighted by molar-refractivity contribution is 5.21. The number of benzene rings is 1. The van der Waals surface area contributed by atoms with Crippen LogP contribution in [-0.2, 0) is 0 Å². The van der Waals surface area contributed by atoms with Crippen LogP contribution < -0.4 is 5.32 Å². The van der Waals surface area contributed by atoms with Crippen LogP contribution in [-0.4, -0.2) is 17.2 Å². The van der Waals surface area contributed by atoms with Gasteiger partial charge in [-0.2, -0.15) is 0 Å². The van der Waals surface area contributed by atoms with Gasteiger partial charge in [-0.3, -0.25) is 0 Å². The van der Waals surface area contributed by atoms with Gasteiger partial charge in [0.15, 0.2) is 0 Å². The van der Waals surface area contributed by atoms with E-state index in [1.807, 2.05) is 0 Å². The third-order valence-corrected chi connectivity index (χ3v) is 3.50. The van der Waals surface area contributed by atoms with Crippen molar-refractivity contribution < 1.29 is 13.9 Å². The molecule has 0 bridgehead atoms. The number of nitrogens with one attached hydrogen (secondary N) is 1. The molecule has 0 spiro atoms. The fourth-order valence-corrected chi connectivity index (χ4v) is 2.11. The first-order valence-electron chi connectivity index (χ1n) is 5.88. The molecule has 1 fully saturated rings. The van der Waals surface area contributed by atoms with E-state index in [2.05, 4.69) is 12.2 Å². The van der Waals surface area contributed by atoms with Crippen LogP contribution in [0.3, 0.4) is 0 Å². The Kier molecular flexibility index (Phi) is 3.45. The maximum absolute atomic E-state index is 13.4. The van der Waals surface area contributed by atoms with E-state index in [1.165, 1.54) is 12.5 Å². The lowest BCUT2D eigenvalue weighted by atomic mass is 9.78. The number of hydrogen-bond acceptors (Lipinski definition) is 2. The van der Waals surface area contributed by atoms with Crippen LogP contribution in [0.25, 0.3) is 0 Å². The zero-order chi connectivity index (χ0) is 12.5. The Bertz CT molecular complexity index is 404. The van der Waals surface area contributed by atoms with Gasteiger partial charge in [0.1, 0.15) is 11.6 Å². The van der Waals surface area contributed by atoms with Crippen LogP contribution in [0.2, 0.25) is 0 Å². The van der Waals surface area contributed by atoms with Crippen molar-refractivity contribution in [1.29, 1.82) is 0 Å². The van der Waals surface area contributed by atoms with Crippen molar-refractivity contribution in [2.75, 3.05) is 6.54 Å². The second kappa shape index (κ2) is 4.70. The van der Waals surface area contributed by atoms with Crippen molar-refractivity contribution in [2.24, 2.45) is 0 Å². The molecule has 2 rings (SSSR count). The molecule has 0 aliphatic heterocycles. The molecule has 1 aliphatic rings. The first kappa shape index (κ1) is 12.5. The van der Waals surface area contributed by atoms with Crippen molar-refractivity contribution in [2.45, 2.75) is 37.8 Å². The van der Waals surface area contributed by atoms with E-state index in [0.717, 1.165) is 25.0 Å². The summed E-state index contributed by atoms with van der Waals surface area (Å²) in [4.78, 5) is 0. The van der Waals surface area contributed by atoms with Crippen molar-refractivity contribution in [3.8, 4) is 0 Å². The van der Waals surface area contributed by atoms with Gasteiger partial charge in [0.25, 0.3) is 0 Å². The Balaban J connectivity index is 1.96. The van der Waals surface area contributed by atoms with Crippen molar-refractivity contribution >= 4 is 0 Å². The minimum Gasteiger partial charge on any atom is -0.387 e. The zero-order valence-electron chi connectivity index (χ0n) is 9.84. The molecule has 0 aromatic heterocycles. The summed E-state index contributed by atoms with van der Waals surface area (Å²) in [6, 6.07) is 3.25. The molecule has 1 atom stereocenters. The Morgan fingerprint density at radius 2 is 2.12 bits per heavy atom. The van der Waals surface area contributed by atoms with E-state index in [-0.39, 0.29) is 11.1 Å². The SMILES string of the molecule is CC1(NCC(O)c2ccc(F)cc2F)CCC1. The molecule has 17 heavy (non-hydrogen) atoms. The summed E-state index contributed by atoms with van der Waals surface area (Å²) in [5.74, 6) is -1.32. The van der Waals surface area contributed by atoms with E-state index in [4.69, 9.17) is 0 Å². The fraction of sp³-hybridized carbons (Fsp3) is 0.538. The average molecular weight is 241 g/mol. The van der Waals surface area contributed by atoms with Crippen LogP contribution in [0.1, 0.15) is 37.9 Å². The summed E-state index contributed by atoms with van der Waals surface area (Å²) in [6.45, 7) is 2.38. The second-order valence-corrected chi connectivity index (χ2v) is 4.98.